The van der Waals surface area contributed by atoms with Gasteiger partial charge in [-0.2, -0.15) is 0 Å². The molecule has 1 amide bonds. The Morgan fingerprint density at radius 3 is 3.05 bits per heavy atom. The number of amides is 1. The molecule has 0 bridgehead atoms. The Bertz CT molecular complexity index is 448. The van der Waals surface area contributed by atoms with Gasteiger partial charge >= 0.3 is 0 Å². The summed E-state index contributed by atoms with van der Waals surface area (Å²) >= 11 is 0. The highest BCUT2D eigenvalue weighted by Crippen LogP contribution is 2.33. The molecular formula is C16H23N3O. The van der Waals surface area contributed by atoms with Crippen LogP contribution in [0.15, 0.2) is 24.5 Å². The van der Waals surface area contributed by atoms with Crippen molar-refractivity contribution in [3.05, 3.63) is 30.1 Å². The summed E-state index contributed by atoms with van der Waals surface area (Å²) < 4.78 is 0. The molecule has 2 aliphatic rings. The van der Waals surface area contributed by atoms with E-state index in [1.807, 2.05) is 25.3 Å². The summed E-state index contributed by atoms with van der Waals surface area (Å²) in [5.41, 5.74) is 1.05. The van der Waals surface area contributed by atoms with E-state index in [9.17, 15) is 4.79 Å². The van der Waals surface area contributed by atoms with Crippen molar-refractivity contribution in [1.29, 1.82) is 0 Å². The van der Waals surface area contributed by atoms with Gasteiger partial charge < -0.3 is 10.6 Å². The molecule has 1 aliphatic heterocycles. The van der Waals surface area contributed by atoms with Crippen LogP contribution in [0.1, 0.15) is 50.6 Å². The molecule has 1 saturated carbocycles. The highest BCUT2D eigenvalue weighted by Gasteiger charge is 2.38. The number of carbonyl (C=O) groups is 1. The predicted octanol–water partition coefficient (Wildman–Crippen LogP) is 2.18. The number of hydrogen-bond acceptors (Lipinski definition) is 3. The minimum absolute atomic E-state index is 0.0118. The topological polar surface area (TPSA) is 54.0 Å². The van der Waals surface area contributed by atoms with Crippen LogP contribution in [0.5, 0.6) is 0 Å². The van der Waals surface area contributed by atoms with Crippen molar-refractivity contribution in [2.75, 3.05) is 0 Å². The van der Waals surface area contributed by atoms with E-state index in [4.69, 9.17) is 0 Å². The molecule has 0 aromatic carbocycles. The molecule has 4 heteroatoms. The van der Waals surface area contributed by atoms with E-state index < -0.39 is 0 Å². The average molecular weight is 273 g/mol. The second kappa shape index (κ2) is 5.92. The quantitative estimate of drug-likeness (QED) is 0.887. The number of aromatic nitrogens is 1. The number of hydrogen-bond donors (Lipinski definition) is 2. The molecular weight excluding hydrogens is 250 g/mol. The lowest BCUT2D eigenvalue weighted by molar-refractivity contribution is -0.123. The molecule has 4 atom stereocenters. The highest BCUT2D eigenvalue weighted by atomic mass is 16.2. The zero-order valence-electron chi connectivity index (χ0n) is 12.0. The molecule has 2 fully saturated rings. The fourth-order valence-electron chi connectivity index (χ4n) is 3.55. The average Bonchev–Trinajstić information content (AvgIpc) is 2.92. The van der Waals surface area contributed by atoms with Gasteiger partial charge in [0, 0.05) is 18.4 Å². The van der Waals surface area contributed by atoms with Crippen LogP contribution in [0, 0.1) is 5.92 Å². The van der Waals surface area contributed by atoms with E-state index >= 15 is 0 Å². The molecule has 2 N–H and O–H groups in total. The van der Waals surface area contributed by atoms with Crippen molar-refractivity contribution in [2.24, 2.45) is 5.92 Å². The predicted molar refractivity (Wildman–Crippen MR) is 78.1 cm³/mol. The van der Waals surface area contributed by atoms with Crippen LogP contribution in [0.3, 0.4) is 0 Å². The molecule has 1 aromatic heterocycles. The first-order chi connectivity index (χ1) is 9.74. The molecule has 0 radical (unpaired) electrons. The zero-order chi connectivity index (χ0) is 13.9. The summed E-state index contributed by atoms with van der Waals surface area (Å²) in [5.74, 6) is 0.837. The van der Waals surface area contributed by atoms with Crippen molar-refractivity contribution in [3.8, 4) is 0 Å². The fraction of sp³-hybridized carbons (Fsp3) is 0.625. The third-order valence-corrected chi connectivity index (χ3v) is 4.72. The van der Waals surface area contributed by atoms with Gasteiger partial charge in [0.1, 0.15) is 0 Å². The van der Waals surface area contributed by atoms with Crippen LogP contribution in [-0.4, -0.2) is 23.0 Å². The standard InChI is InChI=1S/C16H23N3O/c1-11(13-6-4-8-17-10-13)18-16(20)15-9-12-5-2-3-7-14(12)19-15/h4,6,8,10-12,14-15,19H,2-3,5,7,9H2,1H3,(H,18,20). The van der Waals surface area contributed by atoms with Crippen LogP contribution in [-0.2, 0) is 4.79 Å². The van der Waals surface area contributed by atoms with Gasteiger partial charge in [-0.05, 0) is 43.7 Å². The summed E-state index contributed by atoms with van der Waals surface area (Å²) in [6.07, 6.45) is 9.69. The molecule has 3 rings (SSSR count). The molecule has 1 aromatic rings. The number of nitrogens with zero attached hydrogens (tertiary/aromatic N) is 1. The molecule has 4 nitrogen and oxygen atoms in total. The number of rotatable bonds is 3. The maximum absolute atomic E-state index is 12.4. The second-order valence-corrected chi connectivity index (χ2v) is 6.12. The van der Waals surface area contributed by atoms with Gasteiger partial charge in [0.2, 0.25) is 5.91 Å². The van der Waals surface area contributed by atoms with Crippen molar-refractivity contribution in [3.63, 3.8) is 0 Å². The molecule has 108 valence electrons. The van der Waals surface area contributed by atoms with E-state index in [-0.39, 0.29) is 18.0 Å². The Kier molecular flexibility index (Phi) is 4.01. The van der Waals surface area contributed by atoms with Crippen LogP contribution in [0.2, 0.25) is 0 Å². The van der Waals surface area contributed by atoms with E-state index in [2.05, 4.69) is 15.6 Å². The number of fused-ring (bicyclic) bond motifs is 1. The van der Waals surface area contributed by atoms with Crippen LogP contribution >= 0.6 is 0 Å². The monoisotopic (exact) mass is 273 g/mol. The molecule has 1 aliphatic carbocycles. The Balaban J connectivity index is 1.57. The van der Waals surface area contributed by atoms with Gasteiger partial charge in [0.05, 0.1) is 12.1 Å². The number of pyridine rings is 1. The Labute approximate surface area is 120 Å². The van der Waals surface area contributed by atoms with Gasteiger partial charge in [0.15, 0.2) is 0 Å². The highest BCUT2D eigenvalue weighted by molar-refractivity contribution is 5.82. The first-order valence-electron chi connectivity index (χ1n) is 7.70. The van der Waals surface area contributed by atoms with Crippen LogP contribution in [0.25, 0.3) is 0 Å². The Morgan fingerprint density at radius 2 is 2.30 bits per heavy atom. The van der Waals surface area contributed by atoms with E-state index in [1.54, 1.807) is 6.20 Å². The van der Waals surface area contributed by atoms with Gasteiger partial charge in [0.25, 0.3) is 0 Å². The van der Waals surface area contributed by atoms with Gasteiger partial charge in [-0.3, -0.25) is 9.78 Å². The molecule has 4 unspecified atom stereocenters. The summed E-state index contributed by atoms with van der Waals surface area (Å²) in [5, 5.41) is 6.63. The van der Waals surface area contributed by atoms with Gasteiger partial charge in [-0.1, -0.05) is 18.9 Å². The molecule has 20 heavy (non-hydrogen) atoms. The minimum atomic E-state index is -0.0118. The van der Waals surface area contributed by atoms with Gasteiger partial charge in [-0.25, -0.2) is 0 Å². The van der Waals surface area contributed by atoms with Crippen molar-refractivity contribution in [1.82, 2.24) is 15.6 Å². The summed E-state index contributed by atoms with van der Waals surface area (Å²) in [6.45, 7) is 2.01. The van der Waals surface area contributed by atoms with Gasteiger partial charge in [-0.15, -0.1) is 0 Å². The third kappa shape index (κ3) is 2.85. The lowest BCUT2D eigenvalue weighted by Crippen LogP contribution is -2.43. The summed E-state index contributed by atoms with van der Waals surface area (Å²) in [7, 11) is 0. The first-order valence-corrected chi connectivity index (χ1v) is 7.70. The van der Waals surface area contributed by atoms with E-state index in [1.165, 1.54) is 25.7 Å². The molecule has 0 spiro atoms. The molecule has 2 heterocycles. The van der Waals surface area contributed by atoms with Crippen molar-refractivity contribution < 1.29 is 4.79 Å². The maximum Gasteiger partial charge on any atom is 0.237 e. The Hall–Kier alpha value is -1.42. The fourth-order valence-corrected chi connectivity index (χ4v) is 3.55. The lowest BCUT2D eigenvalue weighted by Gasteiger charge is -2.24. The minimum Gasteiger partial charge on any atom is -0.348 e. The maximum atomic E-state index is 12.4. The summed E-state index contributed by atoms with van der Waals surface area (Å²) in [4.78, 5) is 16.5. The normalized spacial score (nSPS) is 30.6. The zero-order valence-corrected chi connectivity index (χ0v) is 12.0. The van der Waals surface area contributed by atoms with Crippen molar-refractivity contribution in [2.45, 2.75) is 57.2 Å². The summed E-state index contributed by atoms with van der Waals surface area (Å²) in [6, 6.07) is 4.47. The van der Waals surface area contributed by atoms with Crippen LogP contribution in [0.4, 0.5) is 0 Å². The largest absolute Gasteiger partial charge is 0.348 e. The lowest BCUT2D eigenvalue weighted by atomic mass is 9.85. The molecule has 1 saturated heterocycles. The Morgan fingerprint density at radius 1 is 1.45 bits per heavy atom. The SMILES string of the molecule is CC(NC(=O)C1CC2CCCCC2N1)c1cccnc1. The smallest absolute Gasteiger partial charge is 0.237 e. The van der Waals surface area contributed by atoms with Crippen molar-refractivity contribution >= 4 is 5.91 Å². The van der Waals surface area contributed by atoms with E-state index in [0.29, 0.717) is 12.0 Å². The first kappa shape index (κ1) is 13.6. The second-order valence-electron chi connectivity index (χ2n) is 6.12. The van der Waals surface area contributed by atoms with Crippen LogP contribution < -0.4 is 10.6 Å². The van der Waals surface area contributed by atoms with E-state index in [0.717, 1.165) is 12.0 Å². The number of nitrogens with one attached hydrogen (secondary N) is 2. The third-order valence-electron chi connectivity index (χ3n) is 4.72. The number of carbonyl (C=O) groups excluding carboxylic acids is 1.